The van der Waals surface area contributed by atoms with E-state index in [0.29, 0.717) is 5.75 Å². The van der Waals surface area contributed by atoms with Crippen molar-refractivity contribution in [3.63, 3.8) is 0 Å². The topological polar surface area (TPSA) is 102 Å². The zero-order valence-electron chi connectivity index (χ0n) is 10.3. The molecule has 0 aliphatic carbocycles. The Morgan fingerprint density at radius 1 is 1.42 bits per heavy atom. The average molecular weight is 282 g/mol. The van der Waals surface area contributed by atoms with Crippen LogP contribution < -0.4 is 9.88 Å². The van der Waals surface area contributed by atoms with Crippen LogP contribution in [0.4, 0.5) is 0 Å². The molecule has 0 saturated heterocycles. The van der Waals surface area contributed by atoms with Crippen LogP contribution in [0.25, 0.3) is 10.9 Å². The van der Waals surface area contributed by atoms with Crippen molar-refractivity contribution in [3.8, 4) is 5.75 Å². The Labute approximate surface area is 110 Å². The van der Waals surface area contributed by atoms with Crippen molar-refractivity contribution in [2.75, 3.05) is 5.75 Å². The molecule has 102 valence electrons. The summed E-state index contributed by atoms with van der Waals surface area (Å²) in [6.45, 7) is 1.98. The summed E-state index contributed by atoms with van der Waals surface area (Å²) in [5, 5.41) is 5.59. The summed E-state index contributed by atoms with van der Waals surface area (Å²) in [6, 6.07) is 5.19. The number of hydrogen-bond donors (Lipinski definition) is 2. The molecule has 0 saturated carbocycles. The summed E-state index contributed by atoms with van der Waals surface area (Å²) < 4.78 is 26.8. The summed E-state index contributed by atoms with van der Waals surface area (Å²) >= 11 is 0. The van der Waals surface area contributed by atoms with Crippen molar-refractivity contribution >= 4 is 26.9 Å². The molecule has 0 unspecified atom stereocenters. The third kappa shape index (κ3) is 3.12. The van der Waals surface area contributed by atoms with E-state index in [1.807, 2.05) is 19.2 Å². The quantitative estimate of drug-likeness (QED) is 0.643. The highest BCUT2D eigenvalue weighted by Crippen LogP contribution is 2.29. The maximum absolute atomic E-state index is 11.5. The predicted octanol–water partition coefficient (Wildman–Crippen LogP) is 0.924. The van der Waals surface area contributed by atoms with Gasteiger partial charge in [0.05, 0.1) is 0 Å². The largest absolute Gasteiger partial charge is 0.425 e. The van der Waals surface area contributed by atoms with Gasteiger partial charge in [0.2, 0.25) is 10.0 Å². The molecule has 2 rings (SSSR count). The Bertz CT molecular complexity index is 718. The van der Waals surface area contributed by atoms with Gasteiger partial charge in [0.25, 0.3) is 0 Å². The molecule has 0 spiro atoms. The minimum absolute atomic E-state index is 0.337. The molecule has 19 heavy (non-hydrogen) atoms. The minimum atomic E-state index is -3.88. The number of carbonyl (C=O) groups excluding carboxylic acids is 1. The number of fused-ring (bicyclic) bond motifs is 1. The molecule has 0 radical (unpaired) electrons. The number of nitrogens with one attached hydrogen (secondary N) is 1. The lowest BCUT2D eigenvalue weighted by Crippen LogP contribution is -2.26. The fourth-order valence-electron chi connectivity index (χ4n) is 1.90. The lowest BCUT2D eigenvalue weighted by Gasteiger charge is -2.06. The standard InChI is InChI=1S/C12H14N2O4S/c1-2-8-6-14-9-4-3-5-10(12(8)9)18-11(15)7-19(13,16)17/h3-6,14H,2,7H2,1H3,(H2,13,16,17). The molecule has 3 N–H and O–H groups in total. The van der Waals surface area contributed by atoms with Gasteiger partial charge in [-0.3, -0.25) is 4.79 Å². The molecule has 0 amide bonds. The number of esters is 1. The second kappa shape index (κ2) is 5.02. The van der Waals surface area contributed by atoms with Gasteiger partial charge in [0.1, 0.15) is 5.75 Å². The first-order valence-electron chi connectivity index (χ1n) is 5.71. The second-order valence-electron chi connectivity index (χ2n) is 4.13. The molecule has 0 aliphatic heterocycles. The smallest absolute Gasteiger partial charge is 0.327 e. The summed E-state index contributed by atoms with van der Waals surface area (Å²) in [5.41, 5.74) is 1.83. The molecule has 7 heteroatoms. The van der Waals surface area contributed by atoms with E-state index in [4.69, 9.17) is 9.88 Å². The monoisotopic (exact) mass is 282 g/mol. The van der Waals surface area contributed by atoms with Gasteiger partial charge < -0.3 is 9.72 Å². The van der Waals surface area contributed by atoms with Crippen LogP contribution in [0.3, 0.4) is 0 Å². The van der Waals surface area contributed by atoms with E-state index >= 15 is 0 Å². The maximum Gasteiger partial charge on any atom is 0.327 e. The van der Waals surface area contributed by atoms with Crippen LogP contribution in [0.15, 0.2) is 24.4 Å². The van der Waals surface area contributed by atoms with Gasteiger partial charge in [-0.1, -0.05) is 13.0 Å². The number of nitrogens with two attached hydrogens (primary N) is 1. The highest BCUT2D eigenvalue weighted by molar-refractivity contribution is 7.89. The maximum atomic E-state index is 11.5. The van der Waals surface area contributed by atoms with Crippen molar-refractivity contribution in [1.29, 1.82) is 0 Å². The number of benzene rings is 1. The molecule has 0 bridgehead atoms. The third-order valence-electron chi connectivity index (χ3n) is 2.67. The molecule has 2 aromatic rings. The molecule has 0 fully saturated rings. The van der Waals surface area contributed by atoms with Gasteiger partial charge in [-0.2, -0.15) is 0 Å². The molecular formula is C12H14N2O4S. The van der Waals surface area contributed by atoms with E-state index in [2.05, 4.69) is 4.98 Å². The first-order valence-corrected chi connectivity index (χ1v) is 7.42. The van der Waals surface area contributed by atoms with E-state index in [1.54, 1.807) is 12.1 Å². The van der Waals surface area contributed by atoms with Crippen LogP contribution in [-0.2, 0) is 21.2 Å². The van der Waals surface area contributed by atoms with Crippen LogP contribution in [0.1, 0.15) is 12.5 Å². The number of sulfonamides is 1. The van der Waals surface area contributed by atoms with E-state index < -0.39 is 21.7 Å². The number of aryl methyl sites for hydroxylation is 1. The lowest BCUT2D eigenvalue weighted by atomic mass is 10.1. The first kappa shape index (κ1) is 13.6. The van der Waals surface area contributed by atoms with E-state index in [9.17, 15) is 13.2 Å². The van der Waals surface area contributed by atoms with Gasteiger partial charge in [-0.05, 0) is 24.1 Å². The number of hydrogen-bond acceptors (Lipinski definition) is 4. The fraction of sp³-hybridized carbons (Fsp3) is 0.250. The normalized spacial score (nSPS) is 11.7. The number of rotatable bonds is 4. The lowest BCUT2D eigenvalue weighted by molar-refractivity contribution is -0.131. The SMILES string of the molecule is CCc1c[nH]c2cccc(OC(=O)CS(N)(=O)=O)c12. The Balaban J connectivity index is 2.35. The van der Waals surface area contributed by atoms with Crippen LogP contribution in [0.2, 0.25) is 0 Å². The number of aromatic nitrogens is 1. The number of ether oxygens (including phenoxy) is 1. The summed E-state index contributed by atoms with van der Waals surface area (Å²) in [4.78, 5) is 14.6. The molecule has 0 aliphatic rings. The van der Waals surface area contributed by atoms with Crippen molar-refractivity contribution in [1.82, 2.24) is 4.98 Å². The van der Waals surface area contributed by atoms with Crippen LogP contribution in [0.5, 0.6) is 5.75 Å². The molecule has 0 atom stereocenters. The summed E-state index contributed by atoms with van der Waals surface area (Å²) in [7, 11) is -3.88. The van der Waals surface area contributed by atoms with Crippen LogP contribution in [0, 0.1) is 0 Å². The van der Waals surface area contributed by atoms with E-state index in [0.717, 1.165) is 22.9 Å². The number of aromatic amines is 1. The number of H-pyrrole nitrogens is 1. The number of carbonyl (C=O) groups is 1. The Morgan fingerprint density at radius 2 is 2.16 bits per heavy atom. The molecule has 1 aromatic carbocycles. The highest BCUT2D eigenvalue weighted by Gasteiger charge is 2.16. The van der Waals surface area contributed by atoms with Gasteiger partial charge in [-0.25, -0.2) is 13.6 Å². The predicted molar refractivity (Wildman–Crippen MR) is 71.3 cm³/mol. The van der Waals surface area contributed by atoms with E-state index in [1.165, 1.54) is 0 Å². The zero-order valence-corrected chi connectivity index (χ0v) is 11.2. The van der Waals surface area contributed by atoms with Crippen LogP contribution in [-0.4, -0.2) is 25.1 Å². The van der Waals surface area contributed by atoms with Gasteiger partial charge in [0, 0.05) is 17.1 Å². The van der Waals surface area contributed by atoms with Crippen LogP contribution >= 0.6 is 0 Å². The van der Waals surface area contributed by atoms with Crippen molar-refractivity contribution < 1.29 is 17.9 Å². The van der Waals surface area contributed by atoms with Crippen molar-refractivity contribution in [2.45, 2.75) is 13.3 Å². The Hall–Kier alpha value is -1.86. The van der Waals surface area contributed by atoms with Gasteiger partial charge in [-0.15, -0.1) is 0 Å². The second-order valence-corrected chi connectivity index (χ2v) is 5.74. The molecular weight excluding hydrogens is 268 g/mol. The zero-order chi connectivity index (χ0) is 14.0. The Morgan fingerprint density at radius 3 is 2.79 bits per heavy atom. The summed E-state index contributed by atoms with van der Waals surface area (Å²) in [5.74, 6) is -1.39. The van der Waals surface area contributed by atoms with E-state index in [-0.39, 0.29) is 0 Å². The average Bonchev–Trinajstić information content (AvgIpc) is 2.70. The fourth-order valence-corrected chi connectivity index (χ4v) is 2.29. The Kier molecular flexibility index (Phi) is 3.59. The van der Waals surface area contributed by atoms with Gasteiger partial charge >= 0.3 is 5.97 Å². The highest BCUT2D eigenvalue weighted by atomic mass is 32.2. The molecule has 1 aromatic heterocycles. The minimum Gasteiger partial charge on any atom is -0.425 e. The third-order valence-corrected chi connectivity index (χ3v) is 3.31. The van der Waals surface area contributed by atoms with Crippen molar-refractivity contribution in [2.24, 2.45) is 5.14 Å². The first-order chi connectivity index (χ1) is 8.90. The molecule has 1 heterocycles. The summed E-state index contributed by atoms with van der Waals surface area (Å²) in [6.07, 6.45) is 2.60. The number of primary sulfonamides is 1. The van der Waals surface area contributed by atoms with Crippen molar-refractivity contribution in [3.05, 3.63) is 30.0 Å². The molecule has 6 nitrogen and oxygen atoms in total. The van der Waals surface area contributed by atoms with Gasteiger partial charge in [0.15, 0.2) is 5.75 Å².